The number of likely N-dealkylation sites (tertiary alicyclic amines) is 1. The van der Waals surface area contributed by atoms with Gasteiger partial charge >= 0.3 is 0 Å². The zero-order chi connectivity index (χ0) is 11.9. The highest BCUT2D eigenvalue weighted by Crippen LogP contribution is 2.27. The molecule has 0 amide bonds. The molecule has 1 saturated heterocycles. The van der Waals surface area contributed by atoms with Gasteiger partial charge < -0.3 is 4.90 Å². The van der Waals surface area contributed by atoms with Crippen molar-refractivity contribution in [3.05, 3.63) is 12.2 Å². The second-order valence-corrected chi connectivity index (χ2v) is 10.6. The summed E-state index contributed by atoms with van der Waals surface area (Å²) in [6, 6.07) is 5.85. The van der Waals surface area contributed by atoms with Gasteiger partial charge in [-0.15, -0.1) is 0 Å². The van der Waals surface area contributed by atoms with Gasteiger partial charge in [0.2, 0.25) is 0 Å². The molecular formula is C14H29NSi. The first-order valence-electron chi connectivity index (χ1n) is 7.10. The predicted molar refractivity (Wildman–Crippen MR) is 76.8 cm³/mol. The molecule has 0 radical (unpaired) electrons. The van der Waals surface area contributed by atoms with Crippen molar-refractivity contribution >= 4 is 8.07 Å². The molecule has 0 aliphatic carbocycles. The van der Waals surface area contributed by atoms with E-state index in [0.29, 0.717) is 0 Å². The van der Waals surface area contributed by atoms with E-state index in [9.17, 15) is 0 Å². The van der Waals surface area contributed by atoms with E-state index in [1.54, 1.807) is 0 Å². The van der Waals surface area contributed by atoms with E-state index in [4.69, 9.17) is 0 Å². The molecule has 94 valence electrons. The summed E-state index contributed by atoms with van der Waals surface area (Å²) in [4.78, 5) is 2.68. The molecule has 0 bridgehead atoms. The van der Waals surface area contributed by atoms with Gasteiger partial charge in [-0.2, -0.15) is 0 Å². The van der Waals surface area contributed by atoms with Crippen molar-refractivity contribution in [1.29, 1.82) is 0 Å². The maximum Gasteiger partial charge on any atom is 0.0580 e. The van der Waals surface area contributed by atoms with Gasteiger partial charge in [-0.1, -0.05) is 38.1 Å². The van der Waals surface area contributed by atoms with Crippen LogP contribution < -0.4 is 0 Å². The lowest BCUT2D eigenvalue weighted by Gasteiger charge is -2.30. The second-order valence-electron chi connectivity index (χ2n) is 5.28. The Labute approximate surface area is 103 Å². The molecule has 0 aromatic carbocycles. The van der Waals surface area contributed by atoms with E-state index in [1.165, 1.54) is 56.7 Å². The summed E-state index contributed by atoms with van der Waals surface area (Å²) in [5.41, 5.74) is 0. The summed E-state index contributed by atoms with van der Waals surface area (Å²) >= 11 is 0. The Kier molecular flexibility index (Phi) is 6.36. The first-order chi connectivity index (χ1) is 7.76. The quantitative estimate of drug-likeness (QED) is 0.476. The predicted octanol–water partition coefficient (Wildman–Crippen LogP) is 4.15. The lowest BCUT2D eigenvalue weighted by molar-refractivity contribution is 0.356. The number of hydrogen-bond donors (Lipinski definition) is 0. The Morgan fingerprint density at radius 2 is 1.75 bits per heavy atom. The molecular weight excluding hydrogens is 210 g/mol. The highest BCUT2D eigenvalue weighted by Gasteiger charge is 2.28. The minimum Gasteiger partial charge on any atom is -0.304 e. The lowest BCUT2D eigenvalue weighted by Crippen LogP contribution is -2.36. The number of allylic oxidation sites excluding steroid dienone is 2. The minimum atomic E-state index is -0.960. The summed E-state index contributed by atoms with van der Waals surface area (Å²) < 4.78 is 0. The number of hydrogen-bond acceptors (Lipinski definition) is 1. The van der Waals surface area contributed by atoms with Gasteiger partial charge in [-0.05, 0) is 51.5 Å². The van der Waals surface area contributed by atoms with Crippen LogP contribution in [0, 0.1) is 0 Å². The fourth-order valence-corrected chi connectivity index (χ4v) is 6.28. The van der Waals surface area contributed by atoms with Gasteiger partial charge in [-0.25, -0.2) is 0 Å². The van der Waals surface area contributed by atoms with Crippen LogP contribution >= 0.6 is 0 Å². The van der Waals surface area contributed by atoms with E-state index in [0.717, 1.165) is 0 Å². The van der Waals surface area contributed by atoms with Crippen molar-refractivity contribution in [2.24, 2.45) is 0 Å². The molecule has 0 aromatic rings. The normalized spacial score (nSPS) is 18.7. The molecule has 0 unspecified atom stereocenters. The molecule has 1 fully saturated rings. The fourth-order valence-electron chi connectivity index (χ4n) is 2.76. The van der Waals surface area contributed by atoms with E-state index in [2.05, 4.69) is 37.8 Å². The van der Waals surface area contributed by atoms with E-state index < -0.39 is 8.07 Å². The van der Waals surface area contributed by atoms with Crippen LogP contribution in [0.15, 0.2) is 12.2 Å². The highest BCUT2D eigenvalue weighted by atomic mass is 28.3. The maximum absolute atomic E-state index is 2.68. The molecule has 16 heavy (non-hydrogen) atoms. The minimum absolute atomic E-state index is 0.960. The Hall–Kier alpha value is -0.0831. The molecule has 0 spiro atoms. The third-order valence-corrected chi connectivity index (χ3v) is 9.83. The summed E-state index contributed by atoms with van der Waals surface area (Å²) in [5.74, 6) is 0. The molecule has 2 heteroatoms. The van der Waals surface area contributed by atoms with Crippen LogP contribution in [0.1, 0.15) is 33.6 Å². The topological polar surface area (TPSA) is 3.24 Å². The molecule has 0 atom stereocenters. The lowest BCUT2D eigenvalue weighted by atomic mass is 10.4. The van der Waals surface area contributed by atoms with Crippen molar-refractivity contribution in [3.8, 4) is 0 Å². The smallest absolute Gasteiger partial charge is 0.0580 e. The van der Waals surface area contributed by atoms with E-state index >= 15 is 0 Å². The van der Waals surface area contributed by atoms with Crippen LogP contribution in [0.4, 0.5) is 0 Å². The van der Waals surface area contributed by atoms with Gasteiger partial charge in [0.25, 0.3) is 0 Å². The Balaban J connectivity index is 2.41. The second kappa shape index (κ2) is 7.28. The van der Waals surface area contributed by atoms with Gasteiger partial charge in [0, 0.05) is 0 Å². The summed E-state index contributed by atoms with van der Waals surface area (Å²) in [6.45, 7) is 11.1. The summed E-state index contributed by atoms with van der Waals surface area (Å²) in [5, 5.41) is 0. The van der Waals surface area contributed by atoms with Gasteiger partial charge in [0.05, 0.1) is 8.07 Å². The van der Waals surface area contributed by atoms with Crippen LogP contribution in [0.2, 0.25) is 24.2 Å². The van der Waals surface area contributed by atoms with Crippen molar-refractivity contribution in [3.63, 3.8) is 0 Å². The van der Waals surface area contributed by atoms with Gasteiger partial charge in [-0.3, -0.25) is 0 Å². The van der Waals surface area contributed by atoms with Gasteiger partial charge in [0.1, 0.15) is 0 Å². The molecule has 1 nitrogen and oxygen atoms in total. The van der Waals surface area contributed by atoms with E-state index in [1.807, 2.05) is 0 Å². The van der Waals surface area contributed by atoms with Crippen LogP contribution in [0.3, 0.4) is 0 Å². The first-order valence-corrected chi connectivity index (χ1v) is 9.92. The van der Waals surface area contributed by atoms with Gasteiger partial charge in [0.15, 0.2) is 0 Å². The average Bonchev–Trinajstić information content (AvgIpc) is 2.83. The molecule has 1 aliphatic heterocycles. The molecule has 0 N–H and O–H groups in total. The van der Waals surface area contributed by atoms with Crippen molar-refractivity contribution in [2.75, 3.05) is 19.6 Å². The largest absolute Gasteiger partial charge is 0.304 e. The summed E-state index contributed by atoms with van der Waals surface area (Å²) in [6.07, 6.45) is 7.52. The van der Waals surface area contributed by atoms with Crippen LogP contribution in [0.25, 0.3) is 0 Å². The third-order valence-electron chi connectivity index (χ3n) is 4.44. The number of rotatable bonds is 7. The van der Waals surface area contributed by atoms with Crippen LogP contribution in [-0.4, -0.2) is 32.6 Å². The van der Waals surface area contributed by atoms with Crippen LogP contribution in [0.5, 0.6) is 0 Å². The Bertz CT molecular complexity index is 203. The van der Waals surface area contributed by atoms with E-state index in [-0.39, 0.29) is 0 Å². The molecule has 1 heterocycles. The zero-order valence-corrected chi connectivity index (χ0v) is 12.5. The third kappa shape index (κ3) is 4.06. The first kappa shape index (κ1) is 14.0. The van der Waals surface area contributed by atoms with Crippen molar-refractivity contribution in [2.45, 2.75) is 57.8 Å². The number of nitrogens with zero attached hydrogens (tertiary/aromatic N) is 1. The molecule has 1 aliphatic rings. The van der Waals surface area contributed by atoms with Crippen molar-refractivity contribution in [1.82, 2.24) is 4.90 Å². The SMILES string of the molecule is CC=CC[Si](CC)(CC)CCN1CCCC1. The highest BCUT2D eigenvalue weighted by molar-refractivity contribution is 6.80. The standard InChI is InChI=1S/C14H29NSi/c1-4-7-13-16(5-2,6-3)14-12-15-10-8-9-11-15/h4,7H,5-6,8-14H2,1-3H3. The molecule has 0 aromatic heterocycles. The monoisotopic (exact) mass is 239 g/mol. The average molecular weight is 239 g/mol. The maximum atomic E-state index is 2.68. The fraction of sp³-hybridized carbons (Fsp3) is 0.857. The Morgan fingerprint density at radius 3 is 2.25 bits per heavy atom. The zero-order valence-electron chi connectivity index (χ0n) is 11.5. The summed E-state index contributed by atoms with van der Waals surface area (Å²) in [7, 11) is -0.960. The van der Waals surface area contributed by atoms with Crippen molar-refractivity contribution < 1.29 is 0 Å². The Morgan fingerprint density at radius 1 is 1.12 bits per heavy atom. The molecule has 1 rings (SSSR count). The van der Waals surface area contributed by atoms with Crippen LogP contribution in [-0.2, 0) is 0 Å². The molecule has 0 saturated carbocycles.